The van der Waals surface area contributed by atoms with E-state index >= 15 is 0 Å². The summed E-state index contributed by atoms with van der Waals surface area (Å²) in [7, 11) is 0. The van der Waals surface area contributed by atoms with Crippen molar-refractivity contribution in [3.63, 3.8) is 0 Å². The standard InChI is InChI=1S/C29H29ClN4O4/c1-16-11-19(12-17(2)18(16)3)26-27(38-10-7-20-5-4-9-37-20)22-13-21(23(30)14-24(22)33-29(26)36)28(35)34-25-6-8-31-15-32-25/h6,8,11-15,20H,4-5,7,9-10H2,1-3H3,(H,33,36)(H,31,32,34,35). The molecule has 0 spiro atoms. The molecule has 1 aliphatic heterocycles. The van der Waals surface area contributed by atoms with E-state index in [2.05, 4.69) is 27.2 Å². The van der Waals surface area contributed by atoms with E-state index in [-0.39, 0.29) is 22.2 Å². The van der Waals surface area contributed by atoms with Crippen molar-refractivity contribution in [3.05, 3.63) is 80.5 Å². The molecule has 1 fully saturated rings. The Kier molecular flexibility index (Phi) is 7.44. The summed E-state index contributed by atoms with van der Waals surface area (Å²) in [6.07, 6.45) is 5.75. The van der Waals surface area contributed by atoms with E-state index in [1.54, 1.807) is 18.2 Å². The first-order valence-corrected chi connectivity index (χ1v) is 13.0. The van der Waals surface area contributed by atoms with Crippen molar-refractivity contribution in [1.29, 1.82) is 0 Å². The Morgan fingerprint density at radius 2 is 2.00 bits per heavy atom. The number of hydrogen-bond acceptors (Lipinski definition) is 6. The van der Waals surface area contributed by atoms with Crippen LogP contribution < -0.4 is 15.6 Å². The van der Waals surface area contributed by atoms with Gasteiger partial charge in [-0.3, -0.25) is 9.59 Å². The molecule has 5 rings (SSSR count). The Bertz CT molecular complexity index is 1540. The summed E-state index contributed by atoms with van der Waals surface area (Å²) in [5, 5.41) is 3.52. The number of fused-ring (bicyclic) bond motifs is 1. The molecule has 1 saturated heterocycles. The Hall–Kier alpha value is -3.75. The first kappa shape index (κ1) is 25.9. The van der Waals surface area contributed by atoms with Crippen molar-refractivity contribution < 1.29 is 14.3 Å². The first-order valence-electron chi connectivity index (χ1n) is 12.6. The number of rotatable bonds is 7. The Morgan fingerprint density at radius 1 is 1.21 bits per heavy atom. The number of aryl methyl sites for hydroxylation is 2. The number of ether oxygens (including phenoxy) is 2. The monoisotopic (exact) mass is 532 g/mol. The van der Waals surface area contributed by atoms with E-state index in [9.17, 15) is 9.59 Å². The number of halogens is 1. The predicted molar refractivity (Wildman–Crippen MR) is 148 cm³/mol. The van der Waals surface area contributed by atoms with E-state index in [0.717, 1.165) is 36.1 Å². The minimum Gasteiger partial charge on any atom is -0.492 e. The van der Waals surface area contributed by atoms with E-state index in [4.69, 9.17) is 21.1 Å². The van der Waals surface area contributed by atoms with Gasteiger partial charge in [0.25, 0.3) is 11.5 Å². The van der Waals surface area contributed by atoms with Crippen molar-refractivity contribution in [2.75, 3.05) is 18.5 Å². The highest BCUT2D eigenvalue weighted by Crippen LogP contribution is 2.37. The quantitative estimate of drug-likeness (QED) is 0.313. The third-order valence-electron chi connectivity index (χ3n) is 7.05. The molecular weight excluding hydrogens is 504 g/mol. The van der Waals surface area contributed by atoms with Gasteiger partial charge < -0.3 is 19.8 Å². The van der Waals surface area contributed by atoms with Gasteiger partial charge in [-0.2, -0.15) is 0 Å². The van der Waals surface area contributed by atoms with Crippen LogP contribution in [0.25, 0.3) is 22.0 Å². The number of carbonyl (C=O) groups excluding carboxylic acids is 1. The highest BCUT2D eigenvalue weighted by Gasteiger charge is 2.22. The number of carbonyl (C=O) groups is 1. The zero-order chi connectivity index (χ0) is 26.8. The van der Waals surface area contributed by atoms with Crippen molar-refractivity contribution in [2.24, 2.45) is 0 Å². The highest BCUT2D eigenvalue weighted by molar-refractivity contribution is 6.35. The van der Waals surface area contributed by atoms with Crippen molar-refractivity contribution in [1.82, 2.24) is 15.0 Å². The maximum absolute atomic E-state index is 13.5. The van der Waals surface area contributed by atoms with E-state index < -0.39 is 5.91 Å². The number of anilines is 1. The second-order valence-electron chi connectivity index (χ2n) is 9.59. The van der Waals surface area contributed by atoms with Gasteiger partial charge in [0, 0.05) is 24.6 Å². The number of nitrogens with one attached hydrogen (secondary N) is 2. The molecule has 38 heavy (non-hydrogen) atoms. The summed E-state index contributed by atoms with van der Waals surface area (Å²) < 4.78 is 12.1. The number of pyridine rings is 1. The van der Waals surface area contributed by atoms with E-state index in [1.807, 2.05) is 26.0 Å². The number of benzene rings is 2. The predicted octanol–water partition coefficient (Wildman–Crippen LogP) is 5.76. The lowest BCUT2D eigenvalue weighted by atomic mass is 9.95. The Labute approximate surface area is 225 Å². The lowest BCUT2D eigenvalue weighted by molar-refractivity contribution is 0.0906. The molecule has 0 saturated carbocycles. The van der Waals surface area contributed by atoms with Crippen LogP contribution in [-0.4, -0.2) is 40.2 Å². The molecule has 0 radical (unpaired) electrons. The van der Waals surface area contributed by atoms with Crippen LogP contribution in [-0.2, 0) is 4.74 Å². The minimum absolute atomic E-state index is 0.138. The molecule has 2 aromatic carbocycles. The van der Waals surface area contributed by atoms with Crippen LogP contribution in [0.4, 0.5) is 5.82 Å². The molecule has 1 aliphatic rings. The second kappa shape index (κ2) is 10.9. The van der Waals surface area contributed by atoms with Crippen LogP contribution in [0.2, 0.25) is 5.02 Å². The van der Waals surface area contributed by atoms with Crippen LogP contribution in [0.15, 0.2) is 47.7 Å². The number of aromatic nitrogens is 3. The van der Waals surface area contributed by atoms with Crippen molar-refractivity contribution in [2.45, 2.75) is 46.1 Å². The van der Waals surface area contributed by atoms with Gasteiger partial charge in [0.05, 0.1) is 34.4 Å². The summed E-state index contributed by atoms with van der Waals surface area (Å²) in [6.45, 7) is 7.23. The molecule has 8 nitrogen and oxygen atoms in total. The van der Waals surface area contributed by atoms with Gasteiger partial charge in [0.15, 0.2) is 0 Å². The van der Waals surface area contributed by atoms with E-state index in [0.29, 0.717) is 41.1 Å². The molecule has 2 N–H and O–H groups in total. The maximum Gasteiger partial charge on any atom is 0.260 e. The van der Waals surface area contributed by atoms with E-state index in [1.165, 1.54) is 18.1 Å². The van der Waals surface area contributed by atoms with Gasteiger partial charge in [-0.15, -0.1) is 0 Å². The molecule has 3 heterocycles. The number of hydrogen-bond donors (Lipinski definition) is 2. The summed E-state index contributed by atoms with van der Waals surface area (Å²) in [6, 6.07) is 8.80. The zero-order valence-electron chi connectivity index (χ0n) is 21.6. The molecule has 1 unspecified atom stereocenters. The maximum atomic E-state index is 13.5. The second-order valence-corrected chi connectivity index (χ2v) is 10.00. The van der Waals surface area contributed by atoms with Gasteiger partial charge in [-0.05, 0) is 74.1 Å². The Balaban J connectivity index is 1.63. The topological polar surface area (TPSA) is 106 Å². The van der Waals surface area contributed by atoms with Gasteiger partial charge in [0.2, 0.25) is 0 Å². The largest absolute Gasteiger partial charge is 0.492 e. The molecule has 1 atom stereocenters. The molecule has 2 aromatic heterocycles. The number of aromatic amines is 1. The van der Waals surface area contributed by atoms with Gasteiger partial charge in [-0.1, -0.05) is 23.7 Å². The highest BCUT2D eigenvalue weighted by atomic mass is 35.5. The van der Waals surface area contributed by atoms with Crippen LogP contribution in [0.1, 0.15) is 46.3 Å². The molecular formula is C29H29ClN4O4. The third kappa shape index (κ3) is 5.28. The van der Waals surface area contributed by atoms with Crippen LogP contribution >= 0.6 is 11.6 Å². The number of amides is 1. The zero-order valence-corrected chi connectivity index (χ0v) is 22.3. The van der Waals surface area contributed by atoms with Gasteiger partial charge >= 0.3 is 0 Å². The fourth-order valence-corrected chi connectivity index (χ4v) is 5.02. The SMILES string of the molecule is Cc1cc(-c2c(OCCC3CCCO3)c3cc(C(=O)Nc4ccncn4)c(Cl)cc3[nH]c2=O)cc(C)c1C. The summed E-state index contributed by atoms with van der Waals surface area (Å²) in [5.41, 5.74) is 4.91. The fourth-order valence-electron chi connectivity index (χ4n) is 4.77. The lowest BCUT2D eigenvalue weighted by Gasteiger charge is -2.18. The summed E-state index contributed by atoms with van der Waals surface area (Å²) in [5.74, 6) is 0.329. The molecule has 196 valence electrons. The van der Waals surface area contributed by atoms with Crippen LogP contribution in [0, 0.1) is 20.8 Å². The van der Waals surface area contributed by atoms with Crippen LogP contribution in [0.5, 0.6) is 5.75 Å². The van der Waals surface area contributed by atoms with Gasteiger partial charge in [0.1, 0.15) is 17.9 Å². The van der Waals surface area contributed by atoms with Crippen molar-refractivity contribution in [3.8, 4) is 16.9 Å². The van der Waals surface area contributed by atoms with Crippen LogP contribution in [0.3, 0.4) is 0 Å². The minimum atomic E-state index is -0.435. The summed E-state index contributed by atoms with van der Waals surface area (Å²) in [4.78, 5) is 37.5. The molecule has 4 aromatic rings. The first-order chi connectivity index (χ1) is 18.3. The van der Waals surface area contributed by atoms with Gasteiger partial charge in [-0.25, -0.2) is 9.97 Å². The fraction of sp³-hybridized carbons (Fsp3) is 0.310. The molecule has 1 amide bonds. The Morgan fingerprint density at radius 3 is 2.68 bits per heavy atom. The lowest BCUT2D eigenvalue weighted by Crippen LogP contribution is -2.17. The molecule has 9 heteroatoms. The number of nitrogens with zero attached hydrogens (tertiary/aromatic N) is 2. The number of H-pyrrole nitrogens is 1. The molecule has 0 bridgehead atoms. The van der Waals surface area contributed by atoms with Crippen molar-refractivity contribution >= 4 is 34.2 Å². The average molecular weight is 533 g/mol. The smallest absolute Gasteiger partial charge is 0.260 e. The normalized spacial score (nSPS) is 15.1. The average Bonchev–Trinajstić information content (AvgIpc) is 3.40. The third-order valence-corrected chi connectivity index (χ3v) is 7.36. The summed E-state index contributed by atoms with van der Waals surface area (Å²) >= 11 is 6.50. The molecule has 0 aliphatic carbocycles.